The van der Waals surface area contributed by atoms with E-state index in [1.54, 1.807) is 13.2 Å². The average Bonchev–Trinajstić information content (AvgIpc) is 3.09. The summed E-state index contributed by atoms with van der Waals surface area (Å²) in [5.41, 5.74) is 0.984. The maximum atomic E-state index is 11.7. The number of aromatic hydroxyl groups is 2. The molecule has 0 amide bonds. The lowest BCUT2D eigenvalue weighted by Crippen LogP contribution is -2.43. The van der Waals surface area contributed by atoms with Gasteiger partial charge in [-0.2, -0.15) is 0 Å². The number of aliphatic hydroxyl groups is 1. The minimum absolute atomic E-state index is 0. The quantitative estimate of drug-likeness (QED) is 0.677. The van der Waals surface area contributed by atoms with Gasteiger partial charge in [-0.15, -0.1) is 12.4 Å². The molecule has 1 heterocycles. The molecule has 2 aliphatic rings. The maximum Gasteiger partial charge on any atom is 0.157 e. The summed E-state index contributed by atoms with van der Waals surface area (Å²) < 4.78 is 5.53. The molecule has 152 valence electrons. The Hall–Kier alpha value is -1.95. The molecule has 0 bridgehead atoms. The molecule has 2 aromatic rings. The SMILES string of the molecule is COc1ccccc1C1(O)CCCC2CN(Cc3ccc(O)c(O)c3)CC21.Cl. The molecule has 0 aromatic heterocycles. The van der Waals surface area contributed by atoms with Gasteiger partial charge in [0.2, 0.25) is 0 Å². The van der Waals surface area contributed by atoms with Gasteiger partial charge in [0.05, 0.1) is 12.7 Å². The van der Waals surface area contributed by atoms with Crippen LogP contribution in [0.4, 0.5) is 0 Å². The molecule has 1 saturated carbocycles. The van der Waals surface area contributed by atoms with Crippen LogP contribution < -0.4 is 4.74 Å². The standard InChI is InChI=1S/C22H27NO4.ClH/c1-27-21-7-3-2-6-17(21)22(26)10-4-5-16-13-23(14-18(16)22)12-15-8-9-19(24)20(25)11-15;/h2-3,6-9,11,16,18,24-26H,4-5,10,12-14H2,1H3;1H. The Morgan fingerprint density at radius 2 is 1.89 bits per heavy atom. The van der Waals surface area contributed by atoms with Crippen molar-refractivity contribution in [3.63, 3.8) is 0 Å². The molecule has 3 unspecified atom stereocenters. The molecule has 1 saturated heterocycles. The number of likely N-dealkylation sites (tertiary alicyclic amines) is 1. The van der Waals surface area contributed by atoms with Crippen LogP contribution in [0.2, 0.25) is 0 Å². The highest BCUT2D eigenvalue weighted by Crippen LogP contribution is 2.50. The number of halogens is 1. The molecule has 2 fully saturated rings. The number of fused-ring (bicyclic) bond motifs is 1. The first-order valence-electron chi connectivity index (χ1n) is 9.60. The summed E-state index contributed by atoms with van der Waals surface area (Å²) in [7, 11) is 1.65. The van der Waals surface area contributed by atoms with Gasteiger partial charge in [-0.25, -0.2) is 0 Å². The summed E-state index contributed by atoms with van der Waals surface area (Å²) in [6.45, 7) is 2.44. The summed E-state index contributed by atoms with van der Waals surface area (Å²) in [5, 5.41) is 31.0. The van der Waals surface area contributed by atoms with Crippen molar-refractivity contribution >= 4 is 12.4 Å². The first-order valence-corrected chi connectivity index (χ1v) is 9.60. The number of hydrogen-bond donors (Lipinski definition) is 3. The van der Waals surface area contributed by atoms with Crippen molar-refractivity contribution in [2.45, 2.75) is 31.4 Å². The number of methoxy groups -OCH3 is 1. The monoisotopic (exact) mass is 405 g/mol. The third-order valence-corrected chi connectivity index (χ3v) is 6.28. The van der Waals surface area contributed by atoms with E-state index in [0.717, 1.165) is 49.2 Å². The zero-order valence-electron chi connectivity index (χ0n) is 16.0. The van der Waals surface area contributed by atoms with Crippen LogP contribution in [0.3, 0.4) is 0 Å². The van der Waals surface area contributed by atoms with Crippen LogP contribution in [0.5, 0.6) is 17.2 Å². The first-order chi connectivity index (χ1) is 13.0. The molecular formula is C22H28ClNO4. The fourth-order valence-corrected chi connectivity index (χ4v) is 5.00. The van der Waals surface area contributed by atoms with Gasteiger partial charge in [0, 0.05) is 31.1 Å². The van der Waals surface area contributed by atoms with Gasteiger partial charge in [0.25, 0.3) is 0 Å². The van der Waals surface area contributed by atoms with E-state index in [9.17, 15) is 15.3 Å². The summed E-state index contributed by atoms with van der Waals surface area (Å²) in [5.74, 6) is 1.17. The minimum atomic E-state index is -0.874. The second-order valence-corrected chi connectivity index (χ2v) is 7.90. The summed E-state index contributed by atoms with van der Waals surface area (Å²) in [4.78, 5) is 2.34. The van der Waals surface area contributed by atoms with Gasteiger partial charge in [0.1, 0.15) is 5.75 Å². The Morgan fingerprint density at radius 3 is 2.64 bits per heavy atom. The lowest BCUT2D eigenvalue weighted by Gasteiger charge is -2.42. The van der Waals surface area contributed by atoms with Crippen molar-refractivity contribution in [1.29, 1.82) is 0 Å². The van der Waals surface area contributed by atoms with Crippen LogP contribution >= 0.6 is 12.4 Å². The summed E-state index contributed by atoms with van der Waals surface area (Å²) >= 11 is 0. The van der Waals surface area contributed by atoms with Crippen LogP contribution in [-0.4, -0.2) is 40.4 Å². The second-order valence-electron chi connectivity index (χ2n) is 7.90. The molecule has 0 spiro atoms. The highest BCUT2D eigenvalue weighted by Gasteiger charge is 2.50. The second kappa shape index (κ2) is 8.19. The van der Waals surface area contributed by atoms with E-state index >= 15 is 0 Å². The Morgan fingerprint density at radius 1 is 1.11 bits per heavy atom. The number of phenols is 2. The molecule has 4 rings (SSSR count). The first kappa shape index (κ1) is 20.8. The van der Waals surface area contributed by atoms with E-state index in [1.165, 1.54) is 6.07 Å². The van der Waals surface area contributed by atoms with Crippen molar-refractivity contribution in [2.24, 2.45) is 11.8 Å². The Labute approximate surface area is 172 Å². The van der Waals surface area contributed by atoms with E-state index in [4.69, 9.17) is 4.74 Å². The van der Waals surface area contributed by atoms with Crippen LogP contribution in [0, 0.1) is 11.8 Å². The van der Waals surface area contributed by atoms with Crippen LogP contribution in [0.25, 0.3) is 0 Å². The van der Waals surface area contributed by atoms with Crippen molar-refractivity contribution in [1.82, 2.24) is 4.90 Å². The topological polar surface area (TPSA) is 73.2 Å². The molecule has 28 heavy (non-hydrogen) atoms. The Balaban J connectivity index is 0.00000225. The zero-order valence-corrected chi connectivity index (χ0v) is 16.9. The Kier molecular flexibility index (Phi) is 6.08. The highest BCUT2D eigenvalue weighted by atomic mass is 35.5. The molecule has 3 N–H and O–H groups in total. The van der Waals surface area contributed by atoms with Gasteiger partial charge in [-0.05, 0) is 48.9 Å². The average molecular weight is 406 g/mol. The van der Waals surface area contributed by atoms with Gasteiger partial charge in [-0.3, -0.25) is 4.90 Å². The van der Waals surface area contributed by atoms with E-state index in [1.807, 2.05) is 30.3 Å². The largest absolute Gasteiger partial charge is 0.504 e. The Bertz CT molecular complexity index is 830. The van der Waals surface area contributed by atoms with Gasteiger partial charge in [0.15, 0.2) is 11.5 Å². The highest BCUT2D eigenvalue weighted by molar-refractivity contribution is 5.85. The van der Waals surface area contributed by atoms with Crippen molar-refractivity contribution in [2.75, 3.05) is 20.2 Å². The third-order valence-electron chi connectivity index (χ3n) is 6.28. The molecule has 3 atom stereocenters. The lowest BCUT2D eigenvalue weighted by molar-refractivity contribution is -0.0662. The summed E-state index contributed by atoms with van der Waals surface area (Å²) in [6.07, 6.45) is 2.88. The molecule has 0 radical (unpaired) electrons. The number of rotatable bonds is 4. The van der Waals surface area contributed by atoms with Crippen molar-refractivity contribution < 1.29 is 20.1 Å². The fraction of sp³-hybridized carbons (Fsp3) is 0.455. The van der Waals surface area contributed by atoms with Crippen LogP contribution in [0.1, 0.15) is 30.4 Å². The fourth-order valence-electron chi connectivity index (χ4n) is 5.00. The molecule has 1 aliphatic carbocycles. The van der Waals surface area contributed by atoms with E-state index < -0.39 is 5.60 Å². The third kappa shape index (κ3) is 3.66. The number of ether oxygens (including phenoxy) is 1. The molecule has 6 heteroatoms. The van der Waals surface area contributed by atoms with E-state index in [0.29, 0.717) is 12.5 Å². The van der Waals surface area contributed by atoms with Gasteiger partial charge < -0.3 is 20.1 Å². The number of para-hydroxylation sites is 1. The predicted molar refractivity (Wildman–Crippen MR) is 110 cm³/mol. The minimum Gasteiger partial charge on any atom is -0.504 e. The van der Waals surface area contributed by atoms with Crippen LogP contribution in [-0.2, 0) is 12.1 Å². The number of benzene rings is 2. The van der Waals surface area contributed by atoms with Crippen molar-refractivity contribution in [3.8, 4) is 17.2 Å². The molecule has 2 aromatic carbocycles. The normalized spacial score (nSPS) is 27.1. The van der Waals surface area contributed by atoms with E-state index in [-0.39, 0.29) is 29.8 Å². The maximum absolute atomic E-state index is 11.7. The number of nitrogens with zero attached hydrogens (tertiary/aromatic N) is 1. The van der Waals surface area contributed by atoms with Gasteiger partial charge >= 0.3 is 0 Å². The summed E-state index contributed by atoms with van der Waals surface area (Å²) in [6, 6.07) is 12.8. The molecule has 1 aliphatic heterocycles. The smallest absolute Gasteiger partial charge is 0.157 e. The molecular weight excluding hydrogens is 378 g/mol. The predicted octanol–water partition coefficient (Wildman–Crippen LogP) is 3.65. The molecule has 5 nitrogen and oxygen atoms in total. The van der Waals surface area contributed by atoms with Gasteiger partial charge in [-0.1, -0.05) is 24.3 Å². The lowest BCUT2D eigenvalue weighted by atomic mass is 9.67. The van der Waals surface area contributed by atoms with E-state index in [2.05, 4.69) is 4.90 Å². The zero-order chi connectivity index (χ0) is 19.0. The number of hydrogen-bond acceptors (Lipinski definition) is 5. The number of phenolic OH excluding ortho intramolecular Hbond substituents is 2. The van der Waals surface area contributed by atoms with Crippen molar-refractivity contribution in [3.05, 3.63) is 53.6 Å². The van der Waals surface area contributed by atoms with Crippen LogP contribution in [0.15, 0.2) is 42.5 Å².